The molecule has 0 bridgehead atoms. The van der Waals surface area contributed by atoms with Gasteiger partial charge in [0.1, 0.15) is 0 Å². The Bertz CT molecular complexity index is 235. The van der Waals surface area contributed by atoms with Gasteiger partial charge >= 0.3 is 0 Å². The first-order valence-corrected chi connectivity index (χ1v) is 9.29. The molecule has 4 heteroatoms. The zero-order chi connectivity index (χ0) is 16.8. The molecule has 0 radical (unpaired) electrons. The molecule has 0 aliphatic heterocycles. The van der Waals surface area contributed by atoms with Crippen LogP contribution in [0.1, 0.15) is 84.5 Å². The Balaban J connectivity index is 0.000000406. The van der Waals surface area contributed by atoms with E-state index in [1.54, 1.807) is 0 Å². The highest BCUT2D eigenvalue weighted by atomic mass is 16.3. The van der Waals surface area contributed by atoms with Gasteiger partial charge in [-0.2, -0.15) is 0 Å². The number of unbranched alkanes of at least 4 members (excludes halogenated alkanes) is 2. The van der Waals surface area contributed by atoms with E-state index in [9.17, 15) is 0 Å². The Labute approximate surface area is 137 Å². The summed E-state index contributed by atoms with van der Waals surface area (Å²) < 4.78 is 0. The predicted molar refractivity (Wildman–Crippen MR) is 94.7 cm³/mol. The topological polar surface area (TPSA) is 92.5 Å². The van der Waals surface area contributed by atoms with Gasteiger partial charge in [0.05, 0.1) is 13.2 Å². The van der Waals surface area contributed by atoms with E-state index >= 15 is 0 Å². The second-order valence-electron chi connectivity index (χ2n) is 6.97. The van der Waals surface area contributed by atoms with Crippen molar-refractivity contribution in [2.45, 2.75) is 96.1 Å². The largest absolute Gasteiger partial charge is 0.395 e. The quantitative estimate of drug-likeness (QED) is 0.526. The van der Waals surface area contributed by atoms with Gasteiger partial charge in [0.25, 0.3) is 0 Å². The number of aliphatic hydroxyl groups excluding tert-OH is 2. The molecule has 22 heavy (non-hydrogen) atoms. The van der Waals surface area contributed by atoms with Gasteiger partial charge in [0, 0.05) is 11.6 Å². The average molecular weight is 317 g/mol. The van der Waals surface area contributed by atoms with Crippen LogP contribution in [0.2, 0.25) is 0 Å². The van der Waals surface area contributed by atoms with Gasteiger partial charge in [-0.05, 0) is 31.6 Å². The number of nitrogens with two attached hydrogens (primary N) is 2. The lowest BCUT2D eigenvalue weighted by molar-refractivity contribution is 0.173. The second-order valence-corrected chi connectivity index (χ2v) is 6.97. The Hall–Kier alpha value is -0.160. The molecule has 0 aromatic carbocycles. The first kappa shape index (κ1) is 21.8. The molecule has 1 rings (SSSR count). The van der Waals surface area contributed by atoms with Crippen molar-refractivity contribution in [2.24, 2.45) is 17.4 Å². The molecule has 0 heterocycles. The fourth-order valence-electron chi connectivity index (χ4n) is 3.05. The Morgan fingerprint density at radius 2 is 1.50 bits per heavy atom. The maximum atomic E-state index is 9.11. The van der Waals surface area contributed by atoms with Crippen LogP contribution in [0.25, 0.3) is 0 Å². The molecule has 1 saturated carbocycles. The van der Waals surface area contributed by atoms with Crippen molar-refractivity contribution in [2.75, 3.05) is 13.2 Å². The number of rotatable bonds is 9. The summed E-state index contributed by atoms with van der Waals surface area (Å²) in [6, 6.07) is 0.0419. The first-order chi connectivity index (χ1) is 10.5. The molecular formula is C18H40N2O2. The lowest BCUT2D eigenvalue weighted by Crippen LogP contribution is -2.43. The molecule has 1 aliphatic rings. The molecule has 1 atom stereocenters. The monoisotopic (exact) mass is 316 g/mol. The van der Waals surface area contributed by atoms with Crippen molar-refractivity contribution in [1.82, 2.24) is 0 Å². The van der Waals surface area contributed by atoms with Crippen LogP contribution in [-0.4, -0.2) is 35.0 Å². The maximum absolute atomic E-state index is 9.11. The van der Waals surface area contributed by atoms with E-state index in [0.717, 1.165) is 38.5 Å². The predicted octanol–water partition coefficient (Wildman–Crippen LogP) is 2.94. The second kappa shape index (κ2) is 13.3. The summed E-state index contributed by atoms with van der Waals surface area (Å²) in [6.45, 7) is 4.59. The van der Waals surface area contributed by atoms with Gasteiger partial charge in [-0.25, -0.2) is 0 Å². The third kappa shape index (κ3) is 9.78. The molecule has 1 aliphatic carbocycles. The van der Waals surface area contributed by atoms with Crippen molar-refractivity contribution in [3.63, 3.8) is 0 Å². The highest BCUT2D eigenvalue weighted by molar-refractivity contribution is 4.82. The number of hydrogen-bond donors (Lipinski definition) is 4. The Morgan fingerprint density at radius 1 is 1.00 bits per heavy atom. The van der Waals surface area contributed by atoms with Crippen molar-refractivity contribution in [1.29, 1.82) is 0 Å². The average Bonchev–Trinajstić information content (AvgIpc) is 2.58. The lowest BCUT2D eigenvalue weighted by Gasteiger charge is -2.26. The summed E-state index contributed by atoms with van der Waals surface area (Å²) in [5.41, 5.74) is 11.4. The van der Waals surface area contributed by atoms with E-state index in [0.29, 0.717) is 5.92 Å². The van der Waals surface area contributed by atoms with E-state index in [1.165, 1.54) is 32.1 Å². The summed E-state index contributed by atoms with van der Waals surface area (Å²) in [7, 11) is 0. The smallest absolute Gasteiger partial charge is 0.0611 e. The van der Waals surface area contributed by atoms with Gasteiger partial charge in [0.15, 0.2) is 0 Å². The third-order valence-electron chi connectivity index (χ3n) is 4.84. The van der Waals surface area contributed by atoms with Crippen LogP contribution >= 0.6 is 0 Å². The normalized spacial score (nSPS) is 17.7. The number of hydrogen-bond acceptors (Lipinski definition) is 4. The summed E-state index contributed by atoms with van der Waals surface area (Å²) in [5.74, 6) is 0.596. The Kier molecular flexibility index (Phi) is 13.2. The van der Waals surface area contributed by atoms with E-state index in [2.05, 4.69) is 13.8 Å². The van der Waals surface area contributed by atoms with Crippen LogP contribution in [0, 0.1) is 5.92 Å². The Morgan fingerprint density at radius 3 is 1.86 bits per heavy atom. The number of aliphatic hydroxyl groups is 2. The van der Waals surface area contributed by atoms with Gasteiger partial charge in [-0.3, -0.25) is 0 Å². The van der Waals surface area contributed by atoms with Crippen LogP contribution in [0.4, 0.5) is 0 Å². The van der Waals surface area contributed by atoms with E-state index < -0.39 is 0 Å². The molecule has 0 aromatic rings. The SMILES string of the molecule is CCCCC(N)(CO)CCCC.NC(CO)C1CCCCC1. The van der Waals surface area contributed by atoms with Crippen molar-refractivity contribution >= 4 is 0 Å². The highest BCUT2D eigenvalue weighted by Crippen LogP contribution is 2.25. The molecular weight excluding hydrogens is 276 g/mol. The molecule has 4 nitrogen and oxygen atoms in total. The molecule has 0 saturated heterocycles. The van der Waals surface area contributed by atoms with E-state index in [-0.39, 0.29) is 24.8 Å². The van der Waals surface area contributed by atoms with Gasteiger partial charge < -0.3 is 21.7 Å². The molecule has 1 unspecified atom stereocenters. The molecule has 134 valence electrons. The van der Waals surface area contributed by atoms with Crippen molar-refractivity contribution < 1.29 is 10.2 Å². The van der Waals surface area contributed by atoms with Crippen molar-refractivity contribution in [3.05, 3.63) is 0 Å². The molecule has 0 amide bonds. The van der Waals surface area contributed by atoms with Crippen LogP contribution in [0.3, 0.4) is 0 Å². The van der Waals surface area contributed by atoms with Gasteiger partial charge in [0.2, 0.25) is 0 Å². The minimum Gasteiger partial charge on any atom is -0.395 e. The van der Waals surface area contributed by atoms with Crippen LogP contribution in [0.5, 0.6) is 0 Å². The standard InChI is InChI=1S/C10H23NO.C8H17NO/c1-3-5-7-10(11,9-12)8-6-4-2;9-8(6-10)7-4-2-1-3-5-7/h12H,3-9,11H2,1-2H3;7-8,10H,1-6,9H2. The summed E-state index contributed by atoms with van der Waals surface area (Å²) >= 11 is 0. The van der Waals surface area contributed by atoms with Crippen molar-refractivity contribution in [3.8, 4) is 0 Å². The summed E-state index contributed by atoms with van der Waals surface area (Å²) in [6.07, 6.45) is 12.9. The molecule has 0 spiro atoms. The van der Waals surface area contributed by atoms with Gasteiger partial charge in [-0.1, -0.05) is 58.8 Å². The highest BCUT2D eigenvalue weighted by Gasteiger charge is 2.22. The fourth-order valence-corrected chi connectivity index (χ4v) is 3.05. The lowest BCUT2D eigenvalue weighted by atomic mass is 9.85. The van der Waals surface area contributed by atoms with Crippen LogP contribution in [0.15, 0.2) is 0 Å². The van der Waals surface area contributed by atoms with E-state index in [4.69, 9.17) is 21.7 Å². The molecule has 1 fully saturated rings. The zero-order valence-electron chi connectivity index (χ0n) is 14.9. The third-order valence-corrected chi connectivity index (χ3v) is 4.84. The maximum Gasteiger partial charge on any atom is 0.0611 e. The zero-order valence-corrected chi connectivity index (χ0v) is 14.9. The molecule has 0 aromatic heterocycles. The van der Waals surface area contributed by atoms with E-state index in [1.807, 2.05) is 0 Å². The summed E-state index contributed by atoms with van der Waals surface area (Å²) in [4.78, 5) is 0. The minimum atomic E-state index is -0.300. The minimum absolute atomic E-state index is 0.0419. The summed E-state index contributed by atoms with van der Waals surface area (Å²) in [5, 5.41) is 17.9. The van der Waals surface area contributed by atoms with Gasteiger partial charge in [-0.15, -0.1) is 0 Å². The van der Waals surface area contributed by atoms with Crippen LogP contribution < -0.4 is 11.5 Å². The fraction of sp³-hybridized carbons (Fsp3) is 1.00. The first-order valence-electron chi connectivity index (χ1n) is 9.29. The van der Waals surface area contributed by atoms with Crippen LogP contribution in [-0.2, 0) is 0 Å². The molecule has 6 N–H and O–H groups in total.